The van der Waals surface area contributed by atoms with Crippen molar-refractivity contribution >= 4 is 23.7 Å². The van der Waals surface area contributed by atoms with Crippen molar-refractivity contribution < 1.29 is 24.5 Å². The van der Waals surface area contributed by atoms with Crippen molar-refractivity contribution in [2.75, 3.05) is 6.61 Å². The Balaban J connectivity index is 3.67. The van der Waals surface area contributed by atoms with Crippen LogP contribution < -0.4 is 0 Å². The Kier molecular flexibility index (Phi) is 6.52. The van der Waals surface area contributed by atoms with Gasteiger partial charge < -0.3 is 14.9 Å². The summed E-state index contributed by atoms with van der Waals surface area (Å²) in [7, 11) is 0. The monoisotopic (exact) mass is 222 g/mol. The Morgan fingerprint density at radius 2 is 2.00 bits per heavy atom. The molecule has 6 heteroatoms. The van der Waals surface area contributed by atoms with E-state index in [1.54, 1.807) is 6.92 Å². The van der Waals surface area contributed by atoms with E-state index in [2.05, 4.69) is 17.4 Å². The van der Waals surface area contributed by atoms with Crippen LogP contribution in [0.25, 0.3) is 0 Å². The van der Waals surface area contributed by atoms with Gasteiger partial charge >= 0.3 is 5.97 Å². The number of esters is 1. The number of rotatable bonds is 6. The number of hydrogen-bond acceptors (Lipinski definition) is 5. The summed E-state index contributed by atoms with van der Waals surface area (Å²) >= 11 is 3.41. The normalized spacial score (nSPS) is 14.6. The van der Waals surface area contributed by atoms with Gasteiger partial charge in [-0.2, -0.15) is 0 Å². The van der Waals surface area contributed by atoms with Crippen molar-refractivity contribution in [3.8, 4) is 0 Å². The Bertz CT molecular complexity index is 204. The van der Waals surface area contributed by atoms with E-state index >= 15 is 0 Å². The van der Waals surface area contributed by atoms with Crippen LogP contribution in [0.1, 0.15) is 19.8 Å². The van der Waals surface area contributed by atoms with Crippen LogP contribution in [0, 0.1) is 0 Å². The lowest BCUT2D eigenvalue weighted by atomic mass is 10.3. The zero-order chi connectivity index (χ0) is 11.1. The quantitative estimate of drug-likeness (QED) is 0.417. The fraction of sp³-hybridized carbons (Fsp3) is 0.750. The summed E-state index contributed by atoms with van der Waals surface area (Å²) in [5, 5.41) is 17.3. The zero-order valence-electron chi connectivity index (χ0n) is 7.84. The van der Waals surface area contributed by atoms with Gasteiger partial charge in [0, 0.05) is 6.42 Å². The number of carbonyl (C=O) groups is 2. The number of aliphatic hydroxyl groups excluding tert-OH is 2. The number of aliphatic hydroxyl groups is 2. The first-order valence-corrected chi connectivity index (χ1v) is 4.62. The lowest BCUT2D eigenvalue weighted by Gasteiger charge is -2.09. The highest BCUT2D eigenvalue weighted by Gasteiger charge is 2.18. The average Bonchev–Trinajstić information content (AvgIpc) is 2.01. The molecule has 2 atom stereocenters. The highest BCUT2D eigenvalue weighted by atomic mass is 32.1. The second kappa shape index (κ2) is 6.80. The van der Waals surface area contributed by atoms with Crippen molar-refractivity contribution in [2.45, 2.75) is 32.0 Å². The third kappa shape index (κ3) is 6.88. The van der Waals surface area contributed by atoms with Crippen LogP contribution >= 0.6 is 12.6 Å². The van der Waals surface area contributed by atoms with Gasteiger partial charge in [-0.1, -0.05) is 0 Å². The number of hydrogen-bond donors (Lipinski definition) is 3. The van der Waals surface area contributed by atoms with Crippen LogP contribution in [0.15, 0.2) is 0 Å². The molecular formula is C8H14O5S. The second-order valence-corrected chi connectivity index (χ2v) is 3.42. The summed E-state index contributed by atoms with van der Waals surface area (Å²) < 4.78 is 4.58. The summed E-state index contributed by atoms with van der Waals surface area (Å²) in [5.74, 6) is -0.868. The van der Waals surface area contributed by atoms with Crippen LogP contribution in [0.2, 0.25) is 0 Å². The smallest absolute Gasteiger partial charge is 0.335 e. The molecule has 0 saturated carbocycles. The molecule has 0 fully saturated rings. The lowest BCUT2D eigenvalue weighted by Crippen LogP contribution is -2.25. The summed E-state index contributed by atoms with van der Waals surface area (Å²) in [6.45, 7) is 1.58. The van der Waals surface area contributed by atoms with E-state index in [-0.39, 0.29) is 13.0 Å². The number of carbonyl (C=O) groups excluding carboxylic acids is 2. The molecule has 0 aliphatic heterocycles. The fourth-order valence-corrected chi connectivity index (χ4v) is 0.848. The minimum absolute atomic E-state index is 0.0221. The second-order valence-electron chi connectivity index (χ2n) is 2.92. The van der Waals surface area contributed by atoms with Crippen molar-refractivity contribution in [2.24, 2.45) is 0 Å². The van der Waals surface area contributed by atoms with Crippen molar-refractivity contribution in [3.63, 3.8) is 0 Å². The summed E-state index contributed by atoms with van der Waals surface area (Å²) in [4.78, 5) is 21.3. The van der Waals surface area contributed by atoms with E-state index in [1.807, 2.05) is 0 Å². The average molecular weight is 222 g/mol. The maximum absolute atomic E-state index is 10.9. The Labute approximate surface area is 87.5 Å². The van der Waals surface area contributed by atoms with Crippen LogP contribution in [0.4, 0.5) is 0 Å². The molecular weight excluding hydrogens is 208 g/mol. The van der Waals surface area contributed by atoms with Crippen LogP contribution in [0.3, 0.4) is 0 Å². The Morgan fingerprint density at radius 3 is 2.43 bits per heavy atom. The summed E-state index contributed by atoms with van der Waals surface area (Å²) in [5.41, 5.74) is 0. The molecule has 82 valence electrons. The first-order valence-electron chi connectivity index (χ1n) is 4.18. The maximum Gasteiger partial charge on any atom is 0.335 e. The SMILES string of the molecule is CC(O)CCOC(=O)C(O)CC(=O)S. The van der Waals surface area contributed by atoms with Crippen LogP contribution in [-0.2, 0) is 14.3 Å². The van der Waals surface area contributed by atoms with Gasteiger partial charge in [-0.3, -0.25) is 4.79 Å². The van der Waals surface area contributed by atoms with Gasteiger partial charge in [0.25, 0.3) is 0 Å². The van der Waals surface area contributed by atoms with Gasteiger partial charge in [0.2, 0.25) is 0 Å². The number of ether oxygens (including phenoxy) is 1. The predicted octanol–water partition coefficient (Wildman–Crippen LogP) is -0.492. The van der Waals surface area contributed by atoms with E-state index in [4.69, 9.17) is 10.2 Å². The minimum Gasteiger partial charge on any atom is -0.464 e. The van der Waals surface area contributed by atoms with Crippen LogP contribution in [-0.4, -0.2) is 40.1 Å². The zero-order valence-corrected chi connectivity index (χ0v) is 8.74. The largest absolute Gasteiger partial charge is 0.464 e. The molecule has 0 aliphatic carbocycles. The molecule has 0 amide bonds. The van der Waals surface area contributed by atoms with E-state index < -0.39 is 23.3 Å². The third-order valence-electron chi connectivity index (χ3n) is 1.42. The number of thiol groups is 1. The molecule has 2 N–H and O–H groups in total. The third-order valence-corrected chi connectivity index (χ3v) is 1.60. The topological polar surface area (TPSA) is 83.8 Å². The maximum atomic E-state index is 10.9. The highest BCUT2D eigenvalue weighted by molar-refractivity contribution is 7.96. The van der Waals surface area contributed by atoms with Gasteiger partial charge in [-0.05, 0) is 6.92 Å². The first-order chi connectivity index (χ1) is 6.43. The Morgan fingerprint density at radius 1 is 1.43 bits per heavy atom. The molecule has 14 heavy (non-hydrogen) atoms. The molecule has 0 aliphatic rings. The summed E-state index contributed by atoms with van der Waals surface area (Å²) in [6, 6.07) is 0. The molecule has 0 radical (unpaired) electrons. The fourth-order valence-electron chi connectivity index (χ4n) is 0.675. The molecule has 0 aromatic rings. The van der Waals surface area contributed by atoms with Gasteiger partial charge in [-0.15, -0.1) is 12.6 Å². The van der Waals surface area contributed by atoms with E-state index in [0.717, 1.165) is 0 Å². The standard InChI is InChI=1S/C8H14O5S/c1-5(9)2-3-13-8(12)6(10)4-7(11)14/h5-6,9-10H,2-4H2,1H3,(H,11,14). The van der Waals surface area contributed by atoms with Gasteiger partial charge in [0.1, 0.15) is 0 Å². The summed E-state index contributed by atoms with van der Waals surface area (Å²) in [6.07, 6.45) is -2.09. The predicted molar refractivity (Wildman–Crippen MR) is 51.9 cm³/mol. The highest BCUT2D eigenvalue weighted by Crippen LogP contribution is 2.00. The van der Waals surface area contributed by atoms with Gasteiger partial charge in [-0.25, -0.2) is 4.79 Å². The molecule has 0 saturated heterocycles. The van der Waals surface area contributed by atoms with Crippen LogP contribution in [0.5, 0.6) is 0 Å². The van der Waals surface area contributed by atoms with E-state index in [0.29, 0.717) is 6.42 Å². The minimum atomic E-state index is -1.46. The van der Waals surface area contributed by atoms with Gasteiger partial charge in [0.15, 0.2) is 11.2 Å². The molecule has 0 heterocycles. The molecule has 5 nitrogen and oxygen atoms in total. The lowest BCUT2D eigenvalue weighted by molar-refractivity contribution is -0.155. The van der Waals surface area contributed by atoms with Gasteiger partial charge in [0.05, 0.1) is 19.1 Å². The Hall–Kier alpha value is -0.590. The molecule has 2 unspecified atom stereocenters. The molecule has 0 rings (SSSR count). The van der Waals surface area contributed by atoms with E-state index in [9.17, 15) is 9.59 Å². The first kappa shape index (κ1) is 13.4. The van der Waals surface area contributed by atoms with E-state index in [1.165, 1.54) is 0 Å². The van der Waals surface area contributed by atoms with Crippen molar-refractivity contribution in [1.82, 2.24) is 0 Å². The molecule has 0 aromatic heterocycles. The molecule has 0 spiro atoms. The molecule has 0 aromatic carbocycles. The van der Waals surface area contributed by atoms with Crippen molar-refractivity contribution in [3.05, 3.63) is 0 Å². The molecule has 0 bridgehead atoms. The van der Waals surface area contributed by atoms with Crippen molar-refractivity contribution in [1.29, 1.82) is 0 Å².